The SMILES string of the molecule is CC1(C)CC(=O)C2=C(C1)Nc1ccccc1N(C(=S)Nc1ccccc1)[C@H]2c1ccc(Br)cc1. The summed E-state index contributed by atoms with van der Waals surface area (Å²) in [5, 5.41) is 7.57. The molecule has 34 heavy (non-hydrogen) atoms. The maximum Gasteiger partial charge on any atom is 0.178 e. The molecule has 1 aliphatic carbocycles. The molecular weight excluding hydrogens is 506 g/mol. The van der Waals surface area contributed by atoms with Gasteiger partial charge in [0.25, 0.3) is 0 Å². The van der Waals surface area contributed by atoms with E-state index in [1.165, 1.54) is 0 Å². The number of benzene rings is 3. The van der Waals surface area contributed by atoms with Crippen LogP contribution in [0.4, 0.5) is 17.1 Å². The van der Waals surface area contributed by atoms with Crippen molar-refractivity contribution in [3.05, 3.63) is 100 Å². The summed E-state index contributed by atoms with van der Waals surface area (Å²) in [7, 11) is 0. The first-order chi connectivity index (χ1) is 16.3. The second kappa shape index (κ2) is 9.01. The number of nitrogens with zero attached hydrogens (tertiary/aromatic N) is 1. The third-order valence-electron chi connectivity index (χ3n) is 6.33. The zero-order valence-corrected chi connectivity index (χ0v) is 21.5. The molecule has 0 unspecified atom stereocenters. The van der Waals surface area contributed by atoms with Gasteiger partial charge in [-0.1, -0.05) is 72.2 Å². The van der Waals surface area contributed by atoms with Crippen molar-refractivity contribution in [2.45, 2.75) is 32.7 Å². The minimum Gasteiger partial charge on any atom is -0.357 e. The molecule has 0 fully saturated rings. The number of allylic oxidation sites excluding steroid dienone is 1. The zero-order valence-electron chi connectivity index (χ0n) is 19.1. The molecule has 1 aliphatic heterocycles. The molecule has 0 aromatic heterocycles. The first-order valence-corrected chi connectivity index (χ1v) is 12.6. The number of thiocarbonyl (C=S) groups is 1. The van der Waals surface area contributed by atoms with Crippen molar-refractivity contribution in [1.29, 1.82) is 0 Å². The van der Waals surface area contributed by atoms with Crippen molar-refractivity contribution in [3.8, 4) is 0 Å². The summed E-state index contributed by atoms with van der Waals surface area (Å²) in [5.74, 6) is 0.159. The topological polar surface area (TPSA) is 44.4 Å². The van der Waals surface area contributed by atoms with Crippen molar-refractivity contribution in [3.63, 3.8) is 0 Å². The lowest BCUT2D eigenvalue weighted by Gasteiger charge is -2.38. The van der Waals surface area contributed by atoms with Gasteiger partial charge >= 0.3 is 0 Å². The molecule has 0 amide bonds. The number of Topliss-reactive ketones (excluding diaryl/α,β-unsaturated/α-hetero) is 1. The van der Waals surface area contributed by atoms with Gasteiger partial charge in [-0.2, -0.15) is 0 Å². The van der Waals surface area contributed by atoms with Crippen molar-refractivity contribution >= 4 is 56.1 Å². The van der Waals surface area contributed by atoms with Crippen LogP contribution in [0.5, 0.6) is 0 Å². The van der Waals surface area contributed by atoms with E-state index in [1.54, 1.807) is 0 Å². The van der Waals surface area contributed by atoms with Crippen molar-refractivity contribution in [1.82, 2.24) is 0 Å². The van der Waals surface area contributed by atoms with Crippen LogP contribution in [0.3, 0.4) is 0 Å². The maximum atomic E-state index is 13.7. The summed E-state index contributed by atoms with van der Waals surface area (Å²) in [5.41, 5.74) is 5.45. The average molecular weight is 533 g/mol. The van der Waals surface area contributed by atoms with Crippen molar-refractivity contribution < 1.29 is 4.79 Å². The summed E-state index contributed by atoms with van der Waals surface area (Å²) in [4.78, 5) is 15.8. The van der Waals surface area contributed by atoms with Gasteiger partial charge in [-0.05, 0) is 66.0 Å². The van der Waals surface area contributed by atoms with E-state index in [9.17, 15) is 4.79 Å². The molecule has 1 heterocycles. The number of para-hydroxylation sites is 3. The van der Waals surface area contributed by atoms with Gasteiger partial charge in [0.2, 0.25) is 0 Å². The summed E-state index contributed by atoms with van der Waals surface area (Å²) in [6.07, 6.45) is 1.30. The Balaban J connectivity index is 1.72. The lowest BCUT2D eigenvalue weighted by molar-refractivity contribution is -0.118. The molecule has 172 valence electrons. The van der Waals surface area contributed by atoms with Crippen LogP contribution >= 0.6 is 28.1 Å². The number of hydrogen-bond acceptors (Lipinski definition) is 3. The number of anilines is 3. The summed E-state index contributed by atoms with van der Waals surface area (Å²) >= 11 is 9.57. The van der Waals surface area contributed by atoms with Crippen LogP contribution in [0, 0.1) is 5.41 Å². The predicted molar refractivity (Wildman–Crippen MR) is 147 cm³/mol. The van der Waals surface area contributed by atoms with Crippen LogP contribution in [0.15, 0.2) is 94.6 Å². The summed E-state index contributed by atoms with van der Waals surface area (Å²) < 4.78 is 0.991. The second-order valence-electron chi connectivity index (χ2n) is 9.60. The van der Waals surface area contributed by atoms with E-state index in [1.807, 2.05) is 60.7 Å². The van der Waals surface area contributed by atoms with Gasteiger partial charge < -0.3 is 15.5 Å². The monoisotopic (exact) mass is 531 g/mol. The molecule has 0 spiro atoms. The van der Waals surface area contributed by atoms with E-state index >= 15 is 0 Å². The highest BCUT2D eigenvalue weighted by Gasteiger charge is 2.42. The van der Waals surface area contributed by atoms with Gasteiger partial charge in [0, 0.05) is 27.9 Å². The van der Waals surface area contributed by atoms with E-state index in [2.05, 4.69) is 63.5 Å². The summed E-state index contributed by atoms with van der Waals surface area (Å²) in [6.45, 7) is 4.31. The van der Waals surface area contributed by atoms with Crippen molar-refractivity contribution in [2.24, 2.45) is 5.41 Å². The molecule has 0 bridgehead atoms. The maximum absolute atomic E-state index is 13.7. The van der Waals surface area contributed by atoms with Crippen molar-refractivity contribution in [2.75, 3.05) is 15.5 Å². The van der Waals surface area contributed by atoms with E-state index in [0.717, 1.165) is 44.8 Å². The molecule has 0 saturated heterocycles. The highest BCUT2D eigenvalue weighted by Crippen LogP contribution is 2.48. The van der Waals surface area contributed by atoms with Gasteiger partial charge in [0.15, 0.2) is 10.9 Å². The molecule has 0 radical (unpaired) electrons. The quantitative estimate of drug-likeness (QED) is 0.336. The molecule has 2 N–H and O–H groups in total. The van der Waals surface area contributed by atoms with Crippen LogP contribution in [0.2, 0.25) is 0 Å². The lowest BCUT2D eigenvalue weighted by atomic mass is 9.73. The van der Waals surface area contributed by atoms with Gasteiger partial charge in [0.05, 0.1) is 17.4 Å². The minimum atomic E-state index is -0.355. The standard InChI is InChI=1S/C28H26BrN3OS/c1-28(2)16-22-25(24(33)17-28)26(18-12-14-19(29)15-13-18)32(23-11-7-6-10-21(23)31-22)27(34)30-20-8-4-3-5-9-20/h3-15,26,31H,16-17H2,1-2H3,(H,30,34)/t26-/m0/s1. The van der Waals surface area contributed by atoms with Gasteiger partial charge in [0.1, 0.15) is 0 Å². The molecule has 3 aromatic rings. The van der Waals surface area contributed by atoms with E-state index < -0.39 is 0 Å². The summed E-state index contributed by atoms with van der Waals surface area (Å²) in [6, 6.07) is 25.8. The number of carbonyl (C=O) groups excluding carboxylic acids is 1. The van der Waals surface area contributed by atoms with Gasteiger partial charge in [-0.3, -0.25) is 4.79 Å². The number of ketones is 1. The lowest BCUT2D eigenvalue weighted by Crippen LogP contribution is -2.41. The van der Waals surface area contributed by atoms with E-state index in [0.29, 0.717) is 11.5 Å². The predicted octanol–water partition coefficient (Wildman–Crippen LogP) is 7.46. The zero-order chi connectivity index (χ0) is 23.9. The average Bonchev–Trinajstić information content (AvgIpc) is 2.94. The molecule has 3 aromatic carbocycles. The molecule has 1 atom stereocenters. The smallest absolute Gasteiger partial charge is 0.178 e. The molecule has 4 nitrogen and oxygen atoms in total. The van der Waals surface area contributed by atoms with Gasteiger partial charge in [-0.15, -0.1) is 0 Å². The van der Waals surface area contributed by atoms with Crippen LogP contribution in [0.25, 0.3) is 0 Å². The Bertz CT molecular complexity index is 1280. The Hall–Kier alpha value is -2.96. The second-order valence-corrected chi connectivity index (χ2v) is 10.9. The largest absolute Gasteiger partial charge is 0.357 e. The van der Waals surface area contributed by atoms with Crippen LogP contribution in [-0.4, -0.2) is 10.9 Å². The number of rotatable bonds is 2. The Kier molecular flexibility index (Phi) is 6.04. The Morgan fingerprint density at radius 1 is 1.00 bits per heavy atom. The number of hydrogen-bond donors (Lipinski definition) is 2. The highest BCUT2D eigenvalue weighted by atomic mass is 79.9. The molecular formula is C28H26BrN3OS. The normalized spacial score (nSPS) is 19.0. The van der Waals surface area contributed by atoms with Crippen LogP contribution < -0.4 is 15.5 Å². The first kappa shape index (κ1) is 22.8. The van der Waals surface area contributed by atoms with E-state index in [-0.39, 0.29) is 17.2 Å². The molecule has 0 saturated carbocycles. The molecule has 6 heteroatoms. The number of carbonyl (C=O) groups is 1. The third kappa shape index (κ3) is 4.40. The number of halogens is 1. The fraction of sp³-hybridized carbons (Fsp3) is 0.214. The minimum absolute atomic E-state index is 0.111. The Morgan fingerprint density at radius 3 is 2.41 bits per heavy atom. The Labute approximate surface area is 214 Å². The Morgan fingerprint density at radius 2 is 1.68 bits per heavy atom. The highest BCUT2D eigenvalue weighted by molar-refractivity contribution is 9.10. The molecule has 5 rings (SSSR count). The van der Waals surface area contributed by atoms with Gasteiger partial charge in [-0.25, -0.2) is 0 Å². The van der Waals surface area contributed by atoms with Crippen LogP contribution in [-0.2, 0) is 4.79 Å². The van der Waals surface area contributed by atoms with Crippen LogP contribution in [0.1, 0.15) is 38.3 Å². The first-order valence-electron chi connectivity index (χ1n) is 11.4. The number of fused-ring (bicyclic) bond motifs is 1. The third-order valence-corrected chi connectivity index (χ3v) is 7.16. The number of nitrogens with one attached hydrogen (secondary N) is 2. The fourth-order valence-corrected chi connectivity index (χ4v) is 5.46. The molecule has 2 aliphatic rings. The fourth-order valence-electron chi connectivity index (χ4n) is 4.88. The van der Waals surface area contributed by atoms with E-state index in [4.69, 9.17) is 12.2 Å².